The van der Waals surface area contributed by atoms with Gasteiger partial charge in [0.2, 0.25) is 0 Å². The molecule has 0 bridgehead atoms. The maximum atomic E-state index is 2.60. The summed E-state index contributed by atoms with van der Waals surface area (Å²) in [6.45, 7) is 19.8. The third-order valence-electron chi connectivity index (χ3n) is 7.63. The molecule has 0 saturated heterocycles. The third kappa shape index (κ3) is 3.85. The van der Waals surface area contributed by atoms with Crippen LogP contribution in [-0.2, 0) is 0 Å². The lowest BCUT2D eigenvalue weighted by Gasteiger charge is -2.51. The van der Waals surface area contributed by atoms with E-state index in [1.54, 1.807) is 0 Å². The molecule has 0 spiro atoms. The molecule has 5 unspecified atom stereocenters. The van der Waals surface area contributed by atoms with Crippen LogP contribution in [0.2, 0.25) is 0 Å². The van der Waals surface area contributed by atoms with E-state index in [2.05, 4.69) is 55.4 Å². The fourth-order valence-electron chi connectivity index (χ4n) is 5.17. The summed E-state index contributed by atoms with van der Waals surface area (Å²) in [5.74, 6) is 5.41. The quantitative estimate of drug-likeness (QED) is 0.422. The lowest BCUT2D eigenvalue weighted by Crippen LogP contribution is -2.44. The molecule has 0 aromatic rings. The molecule has 0 amide bonds. The van der Waals surface area contributed by atoms with Crippen molar-refractivity contribution in [2.45, 2.75) is 93.9 Å². The molecule has 0 N–H and O–H groups in total. The Labute approximate surface area is 135 Å². The first-order chi connectivity index (χ1) is 9.83. The molecule has 1 aliphatic carbocycles. The topological polar surface area (TPSA) is 0 Å². The minimum Gasteiger partial charge on any atom is -0.0651 e. The predicted octanol–water partition coefficient (Wildman–Crippen LogP) is 7.18. The fraction of sp³-hybridized carbons (Fsp3) is 1.00. The van der Waals surface area contributed by atoms with Gasteiger partial charge in [0.15, 0.2) is 0 Å². The highest BCUT2D eigenvalue weighted by Gasteiger charge is 2.45. The second-order valence-electron chi connectivity index (χ2n) is 8.54. The van der Waals surface area contributed by atoms with Gasteiger partial charge in [0.05, 0.1) is 0 Å². The Morgan fingerprint density at radius 3 is 1.81 bits per heavy atom. The molecule has 5 atom stereocenters. The molecule has 1 rings (SSSR count). The SMILES string of the molecule is CCC(C(C)C)C(C1CCC1)C(C)C(C)(CC)C(C)CC. The third-order valence-corrected chi connectivity index (χ3v) is 7.63. The van der Waals surface area contributed by atoms with E-state index in [-0.39, 0.29) is 0 Å². The van der Waals surface area contributed by atoms with E-state index >= 15 is 0 Å². The summed E-state index contributed by atoms with van der Waals surface area (Å²) < 4.78 is 0. The summed E-state index contributed by atoms with van der Waals surface area (Å²) in [4.78, 5) is 0. The Kier molecular flexibility index (Phi) is 7.28. The summed E-state index contributed by atoms with van der Waals surface area (Å²) in [5.41, 5.74) is 0.511. The summed E-state index contributed by atoms with van der Waals surface area (Å²) in [7, 11) is 0. The molecule has 21 heavy (non-hydrogen) atoms. The highest BCUT2D eigenvalue weighted by molar-refractivity contribution is 4.94. The second kappa shape index (κ2) is 8.02. The molecule has 0 aromatic carbocycles. The van der Waals surface area contributed by atoms with Crippen molar-refractivity contribution in [3.8, 4) is 0 Å². The zero-order valence-corrected chi connectivity index (χ0v) is 16.2. The van der Waals surface area contributed by atoms with E-state index in [1.807, 2.05) is 0 Å². The summed E-state index contributed by atoms with van der Waals surface area (Å²) >= 11 is 0. The van der Waals surface area contributed by atoms with Crippen molar-refractivity contribution in [3.63, 3.8) is 0 Å². The zero-order chi connectivity index (χ0) is 16.2. The summed E-state index contributed by atoms with van der Waals surface area (Å²) in [6, 6.07) is 0. The van der Waals surface area contributed by atoms with Crippen LogP contribution < -0.4 is 0 Å². The van der Waals surface area contributed by atoms with Crippen LogP contribution in [0.3, 0.4) is 0 Å². The minimum absolute atomic E-state index is 0.511. The van der Waals surface area contributed by atoms with Crippen molar-refractivity contribution in [1.29, 1.82) is 0 Å². The van der Waals surface area contributed by atoms with E-state index in [1.165, 1.54) is 38.5 Å². The van der Waals surface area contributed by atoms with Crippen LogP contribution in [0.1, 0.15) is 93.9 Å². The molecule has 1 saturated carbocycles. The van der Waals surface area contributed by atoms with Crippen molar-refractivity contribution in [2.24, 2.45) is 40.9 Å². The fourth-order valence-corrected chi connectivity index (χ4v) is 5.17. The van der Waals surface area contributed by atoms with Crippen LogP contribution in [0.15, 0.2) is 0 Å². The molecule has 0 aliphatic heterocycles. The minimum atomic E-state index is 0.511. The Morgan fingerprint density at radius 1 is 0.952 bits per heavy atom. The molecule has 0 aromatic heterocycles. The van der Waals surface area contributed by atoms with Crippen LogP contribution in [0.5, 0.6) is 0 Å². The highest BCUT2D eigenvalue weighted by atomic mass is 14.5. The second-order valence-corrected chi connectivity index (χ2v) is 8.54. The van der Waals surface area contributed by atoms with Gasteiger partial charge in [-0.15, -0.1) is 0 Å². The molecule has 0 nitrogen and oxygen atoms in total. The molecule has 0 radical (unpaired) electrons. The number of rotatable bonds is 9. The molecule has 1 aliphatic rings. The van der Waals surface area contributed by atoms with Gasteiger partial charge in [-0.2, -0.15) is 0 Å². The Hall–Kier alpha value is 0. The first-order valence-electron chi connectivity index (χ1n) is 9.83. The van der Waals surface area contributed by atoms with Crippen molar-refractivity contribution >= 4 is 0 Å². The van der Waals surface area contributed by atoms with E-state index < -0.39 is 0 Å². The average molecular weight is 295 g/mol. The number of hydrogen-bond acceptors (Lipinski definition) is 0. The number of hydrogen-bond donors (Lipinski definition) is 0. The Morgan fingerprint density at radius 2 is 1.52 bits per heavy atom. The summed E-state index contributed by atoms with van der Waals surface area (Å²) in [5, 5.41) is 0. The van der Waals surface area contributed by atoms with Crippen LogP contribution in [0.4, 0.5) is 0 Å². The Bertz CT molecular complexity index is 288. The largest absolute Gasteiger partial charge is 0.0651 e. The van der Waals surface area contributed by atoms with Crippen LogP contribution >= 0.6 is 0 Å². The first kappa shape index (κ1) is 19.0. The summed E-state index contributed by atoms with van der Waals surface area (Å²) in [6.07, 6.45) is 8.50. The van der Waals surface area contributed by atoms with Crippen molar-refractivity contribution in [2.75, 3.05) is 0 Å². The van der Waals surface area contributed by atoms with Gasteiger partial charge in [-0.1, -0.05) is 93.9 Å². The molecular weight excluding hydrogens is 252 g/mol. The average Bonchev–Trinajstić information content (AvgIpc) is 2.42. The van der Waals surface area contributed by atoms with Gasteiger partial charge in [0, 0.05) is 0 Å². The monoisotopic (exact) mass is 294 g/mol. The van der Waals surface area contributed by atoms with Crippen LogP contribution in [0.25, 0.3) is 0 Å². The maximum Gasteiger partial charge on any atom is -0.0274 e. The predicted molar refractivity (Wildman–Crippen MR) is 96.5 cm³/mol. The smallest absolute Gasteiger partial charge is 0.0274 e. The van der Waals surface area contributed by atoms with Crippen LogP contribution in [0, 0.1) is 40.9 Å². The van der Waals surface area contributed by atoms with Gasteiger partial charge in [-0.3, -0.25) is 0 Å². The first-order valence-corrected chi connectivity index (χ1v) is 9.83. The van der Waals surface area contributed by atoms with Crippen molar-refractivity contribution in [3.05, 3.63) is 0 Å². The van der Waals surface area contributed by atoms with E-state index in [0.717, 1.165) is 35.5 Å². The van der Waals surface area contributed by atoms with E-state index in [4.69, 9.17) is 0 Å². The van der Waals surface area contributed by atoms with Gasteiger partial charge >= 0.3 is 0 Å². The Balaban J connectivity index is 3.05. The van der Waals surface area contributed by atoms with Gasteiger partial charge in [-0.05, 0) is 40.9 Å². The van der Waals surface area contributed by atoms with Gasteiger partial charge < -0.3 is 0 Å². The molecule has 0 heterocycles. The van der Waals surface area contributed by atoms with Crippen molar-refractivity contribution < 1.29 is 0 Å². The molecular formula is C21H42. The van der Waals surface area contributed by atoms with Gasteiger partial charge in [0.25, 0.3) is 0 Å². The van der Waals surface area contributed by atoms with E-state index in [9.17, 15) is 0 Å². The lowest BCUT2D eigenvalue weighted by atomic mass is 9.54. The molecule has 0 heteroatoms. The maximum absolute atomic E-state index is 2.60. The standard InChI is InChI=1S/C21H42/c1-9-16(6)21(8,11-3)17(7)20(18-13-12-14-18)19(10-2)15(4)5/h15-20H,9-14H2,1-8H3. The van der Waals surface area contributed by atoms with E-state index in [0.29, 0.717) is 5.41 Å². The highest BCUT2D eigenvalue weighted by Crippen LogP contribution is 2.53. The van der Waals surface area contributed by atoms with Crippen molar-refractivity contribution in [1.82, 2.24) is 0 Å². The normalized spacial score (nSPS) is 25.0. The van der Waals surface area contributed by atoms with Crippen LogP contribution in [-0.4, -0.2) is 0 Å². The molecule has 1 fully saturated rings. The zero-order valence-electron chi connectivity index (χ0n) is 16.2. The van der Waals surface area contributed by atoms with Gasteiger partial charge in [-0.25, -0.2) is 0 Å². The van der Waals surface area contributed by atoms with Gasteiger partial charge in [0.1, 0.15) is 0 Å². The lowest BCUT2D eigenvalue weighted by molar-refractivity contribution is -0.0237. The molecule has 126 valence electrons.